The Morgan fingerprint density at radius 3 is 2.50 bits per heavy atom. The summed E-state index contributed by atoms with van der Waals surface area (Å²) in [5.74, 6) is 1.29. The first-order valence-electron chi connectivity index (χ1n) is 6.40. The molecule has 1 saturated carbocycles. The molecule has 0 saturated heterocycles. The van der Waals surface area contributed by atoms with Crippen LogP contribution in [0.4, 0.5) is 0 Å². The largest absolute Gasteiger partial charge is 0.342 e. The number of aliphatic imine (C=N–C) groups is 2. The van der Waals surface area contributed by atoms with Crippen LogP contribution in [0.5, 0.6) is 0 Å². The van der Waals surface area contributed by atoms with E-state index < -0.39 is 0 Å². The standard InChI is InChI=1S/C13H19N3O2/c1-16(2)13(18)12-14-7-10(8-15-12)9-3-5-11(17)6-4-9/h7,9-10H,3-6,8H2,1-2H3. The fourth-order valence-corrected chi connectivity index (χ4v) is 2.43. The molecule has 18 heavy (non-hydrogen) atoms. The van der Waals surface area contributed by atoms with Crippen molar-refractivity contribution in [2.24, 2.45) is 21.8 Å². The first-order valence-corrected chi connectivity index (χ1v) is 6.40. The molecule has 0 aromatic rings. The number of hydrogen-bond donors (Lipinski definition) is 0. The van der Waals surface area contributed by atoms with E-state index in [4.69, 9.17) is 0 Å². The fourth-order valence-electron chi connectivity index (χ4n) is 2.43. The van der Waals surface area contributed by atoms with Crippen molar-refractivity contribution in [3.8, 4) is 0 Å². The van der Waals surface area contributed by atoms with Gasteiger partial charge in [-0.05, 0) is 18.8 Å². The number of amidine groups is 1. The second-order valence-electron chi connectivity index (χ2n) is 5.18. The Hall–Kier alpha value is -1.52. The molecule has 1 fully saturated rings. The van der Waals surface area contributed by atoms with Crippen LogP contribution in [0.15, 0.2) is 9.98 Å². The van der Waals surface area contributed by atoms with Crippen LogP contribution in [-0.2, 0) is 9.59 Å². The molecule has 2 aliphatic rings. The number of rotatable bonds is 2. The Balaban J connectivity index is 1.92. The predicted octanol–water partition coefficient (Wildman–Crippen LogP) is 0.933. The van der Waals surface area contributed by atoms with E-state index >= 15 is 0 Å². The van der Waals surface area contributed by atoms with E-state index in [1.54, 1.807) is 14.1 Å². The number of nitrogens with zero attached hydrogens (tertiary/aromatic N) is 3. The molecular formula is C13H19N3O2. The third-order valence-corrected chi connectivity index (χ3v) is 3.63. The maximum Gasteiger partial charge on any atom is 0.290 e. The normalized spacial score (nSPS) is 24.9. The number of carbonyl (C=O) groups excluding carboxylic acids is 2. The highest BCUT2D eigenvalue weighted by molar-refractivity contribution is 6.39. The Kier molecular flexibility index (Phi) is 3.89. The lowest BCUT2D eigenvalue weighted by Gasteiger charge is -2.27. The summed E-state index contributed by atoms with van der Waals surface area (Å²) in [5, 5.41) is 0. The van der Waals surface area contributed by atoms with Gasteiger partial charge in [-0.15, -0.1) is 0 Å². The number of amides is 1. The van der Waals surface area contributed by atoms with Gasteiger partial charge in [-0.3, -0.25) is 14.6 Å². The van der Waals surface area contributed by atoms with Crippen LogP contribution in [0, 0.1) is 11.8 Å². The lowest BCUT2D eigenvalue weighted by Crippen LogP contribution is -2.33. The van der Waals surface area contributed by atoms with Crippen LogP contribution in [0.1, 0.15) is 25.7 Å². The molecule has 1 amide bonds. The topological polar surface area (TPSA) is 62.1 Å². The summed E-state index contributed by atoms with van der Waals surface area (Å²) in [6.07, 6.45) is 5.08. The molecule has 2 rings (SSSR count). The van der Waals surface area contributed by atoms with E-state index in [1.165, 1.54) is 4.90 Å². The van der Waals surface area contributed by atoms with Crippen molar-refractivity contribution in [2.45, 2.75) is 25.7 Å². The highest BCUT2D eigenvalue weighted by Gasteiger charge is 2.27. The first kappa shape index (κ1) is 12.9. The van der Waals surface area contributed by atoms with Crippen LogP contribution in [0.3, 0.4) is 0 Å². The van der Waals surface area contributed by atoms with E-state index in [2.05, 4.69) is 9.98 Å². The van der Waals surface area contributed by atoms with Crippen molar-refractivity contribution >= 4 is 23.7 Å². The summed E-state index contributed by atoms with van der Waals surface area (Å²) in [7, 11) is 3.39. The number of carbonyl (C=O) groups is 2. The van der Waals surface area contributed by atoms with E-state index in [9.17, 15) is 9.59 Å². The van der Waals surface area contributed by atoms with Gasteiger partial charge in [0.1, 0.15) is 5.78 Å². The van der Waals surface area contributed by atoms with Gasteiger partial charge < -0.3 is 4.90 Å². The van der Waals surface area contributed by atoms with Crippen LogP contribution in [0.25, 0.3) is 0 Å². The van der Waals surface area contributed by atoms with Gasteiger partial charge >= 0.3 is 0 Å². The molecule has 1 aliphatic carbocycles. The van der Waals surface area contributed by atoms with Gasteiger partial charge in [0.15, 0.2) is 0 Å². The molecule has 0 bridgehead atoms. The maximum absolute atomic E-state index is 11.7. The second-order valence-corrected chi connectivity index (χ2v) is 5.18. The number of ketones is 1. The molecule has 0 spiro atoms. The van der Waals surface area contributed by atoms with E-state index in [1.807, 2.05) is 6.21 Å². The summed E-state index contributed by atoms with van der Waals surface area (Å²) < 4.78 is 0. The molecule has 0 radical (unpaired) electrons. The van der Waals surface area contributed by atoms with Gasteiger partial charge in [0.05, 0.1) is 0 Å². The van der Waals surface area contributed by atoms with Gasteiger partial charge in [0.2, 0.25) is 5.84 Å². The van der Waals surface area contributed by atoms with Crippen LogP contribution in [-0.4, -0.2) is 49.3 Å². The molecule has 1 aliphatic heterocycles. The van der Waals surface area contributed by atoms with E-state index in [0.29, 0.717) is 36.9 Å². The lowest BCUT2D eigenvalue weighted by atomic mass is 9.80. The van der Waals surface area contributed by atoms with Gasteiger partial charge in [-0.1, -0.05) is 0 Å². The van der Waals surface area contributed by atoms with Crippen molar-refractivity contribution in [1.82, 2.24) is 4.90 Å². The van der Waals surface area contributed by atoms with Gasteiger partial charge in [-0.25, -0.2) is 4.99 Å². The van der Waals surface area contributed by atoms with E-state index in [0.717, 1.165) is 12.8 Å². The van der Waals surface area contributed by atoms with Gasteiger partial charge in [0, 0.05) is 45.6 Å². The fraction of sp³-hybridized carbons (Fsp3) is 0.692. The summed E-state index contributed by atoms with van der Waals surface area (Å²) in [5.41, 5.74) is 0. The lowest BCUT2D eigenvalue weighted by molar-refractivity contribution is -0.122. The Morgan fingerprint density at radius 2 is 2.00 bits per heavy atom. The second kappa shape index (κ2) is 5.42. The zero-order chi connectivity index (χ0) is 13.1. The van der Waals surface area contributed by atoms with Gasteiger partial charge in [-0.2, -0.15) is 0 Å². The summed E-state index contributed by atoms with van der Waals surface area (Å²) in [6, 6.07) is 0. The van der Waals surface area contributed by atoms with Crippen LogP contribution < -0.4 is 0 Å². The highest BCUT2D eigenvalue weighted by atomic mass is 16.2. The Bertz CT molecular complexity index is 402. The van der Waals surface area contributed by atoms with Crippen LogP contribution >= 0.6 is 0 Å². The quantitative estimate of drug-likeness (QED) is 0.731. The smallest absolute Gasteiger partial charge is 0.290 e. The Morgan fingerprint density at radius 1 is 1.33 bits per heavy atom. The third-order valence-electron chi connectivity index (χ3n) is 3.63. The minimum atomic E-state index is -0.150. The molecule has 0 aromatic carbocycles. The monoisotopic (exact) mass is 249 g/mol. The molecule has 0 N–H and O–H groups in total. The van der Waals surface area contributed by atoms with Crippen molar-refractivity contribution in [2.75, 3.05) is 20.6 Å². The summed E-state index contributed by atoms with van der Waals surface area (Å²) in [6.45, 7) is 0.622. The number of Topliss-reactive ketones (excluding diaryl/α,β-unsaturated/α-hetero) is 1. The molecule has 0 aromatic heterocycles. The molecule has 1 atom stereocenters. The zero-order valence-corrected chi connectivity index (χ0v) is 10.9. The van der Waals surface area contributed by atoms with Crippen molar-refractivity contribution < 1.29 is 9.59 Å². The maximum atomic E-state index is 11.7. The molecule has 98 valence electrons. The minimum absolute atomic E-state index is 0.150. The summed E-state index contributed by atoms with van der Waals surface area (Å²) >= 11 is 0. The SMILES string of the molecule is CN(C)C(=O)C1=NCC(C2CCC(=O)CC2)C=N1. The molecule has 1 unspecified atom stereocenters. The zero-order valence-electron chi connectivity index (χ0n) is 10.9. The van der Waals surface area contributed by atoms with E-state index in [-0.39, 0.29) is 11.8 Å². The van der Waals surface area contributed by atoms with Crippen LogP contribution in [0.2, 0.25) is 0 Å². The van der Waals surface area contributed by atoms with Gasteiger partial charge in [0.25, 0.3) is 5.91 Å². The minimum Gasteiger partial charge on any atom is -0.342 e. The van der Waals surface area contributed by atoms with Crippen molar-refractivity contribution in [1.29, 1.82) is 0 Å². The molecule has 5 heteroatoms. The third kappa shape index (κ3) is 2.83. The number of hydrogen-bond acceptors (Lipinski definition) is 4. The Labute approximate surface area is 107 Å². The average Bonchev–Trinajstić information content (AvgIpc) is 2.39. The molecular weight excluding hydrogens is 230 g/mol. The molecule has 1 heterocycles. The molecule has 5 nitrogen and oxygen atoms in total. The summed E-state index contributed by atoms with van der Waals surface area (Å²) in [4.78, 5) is 32.8. The highest BCUT2D eigenvalue weighted by Crippen LogP contribution is 2.28. The number of likely N-dealkylation sites (N-methyl/N-ethyl adjacent to an activating group) is 1. The van der Waals surface area contributed by atoms with Crippen molar-refractivity contribution in [3.05, 3.63) is 0 Å². The van der Waals surface area contributed by atoms with Crippen molar-refractivity contribution in [3.63, 3.8) is 0 Å². The average molecular weight is 249 g/mol. The first-order chi connectivity index (χ1) is 8.58. The predicted molar refractivity (Wildman–Crippen MR) is 69.9 cm³/mol.